The maximum Gasteiger partial charge on any atom is 0.229 e. The summed E-state index contributed by atoms with van der Waals surface area (Å²) in [4.78, 5) is 23.2. The van der Waals surface area contributed by atoms with Gasteiger partial charge in [0.2, 0.25) is 11.9 Å². The van der Waals surface area contributed by atoms with Gasteiger partial charge in [0.05, 0.1) is 18.7 Å². The first-order chi connectivity index (χ1) is 11.3. The van der Waals surface area contributed by atoms with Crippen molar-refractivity contribution < 1.29 is 9.53 Å². The molecule has 0 saturated carbocycles. The van der Waals surface area contributed by atoms with E-state index in [-0.39, 0.29) is 11.8 Å². The summed E-state index contributed by atoms with van der Waals surface area (Å²) < 4.78 is 5.28. The summed E-state index contributed by atoms with van der Waals surface area (Å²) in [5.74, 6) is 1.27. The number of piperidine rings is 1. The van der Waals surface area contributed by atoms with Crippen LogP contribution >= 0.6 is 0 Å². The van der Waals surface area contributed by atoms with Crippen molar-refractivity contribution >= 4 is 17.5 Å². The predicted octanol–water partition coefficient (Wildman–Crippen LogP) is 2.34. The lowest BCUT2D eigenvalue weighted by Gasteiger charge is -2.32. The van der Waals surface area contributed by atoms with Crippen LogP contribution in [0.15, 0.2) is 42.7 Å². The fourth-order valence-electron chi connectivity index (χ4n) is 2.81. The number of methoxy groups -OCH3 is 1. The third kappa shape index (κ3) is 3.59. The SMILES string of the molecule is COc1ccccc1NC(=O)[C@@H]1CCCN(c2ncccn2)C1. The van der Waals surface area contributed by atoms with Crippen LogP contribution in [0, 0.1) is 5.92 Å². The van der Waals surface area contributed by atoms with Gasteiger partial charge in [-0.25, -0.2) is 9.97 Å². The molecule has 2 aromatic rings. The molecule has 1 N–H and O–H groups in total. The normalized spacial score (nSPS) is 17.6. The quantitative estimate of drug-likeness (QED) is 0.938. The average molecular weight is 312 g/mol. The summed E-state index contributed by atoms with van der Waals surface area (Å²) in [6, 6.07) is 9.23. The van der Waals surface area contributed by atoms with E-state index in [0.29, 0.717) is 23.9 Å². The third-order valence-electron chi connectivity index (χ3n) is 3.99. The van der Waals surface area contributed by atoms with Crippen LogP contribution in [0.1, 0.15) is 12.8 Å². The van der Waals surface area contributed by atoms with E-state index < -0.39 is 0 Å². The van der Waals surface area contributed by atoms with Crippen molar-refractivity contribution in [2.75, 3.05) is 30.4 Å². The molecule has 6 heteroatoms. The molecule has 0 unspecified atom stereocenters. The van der Waals surface area contributed by atoms with E-state index in [2.05, 4.69) is 20.2 Å². The summed E-state index contributed by atoms with van der Waals surface area (Å²) in [6.45, 7) is 1.51. The monoisotopic (exact) mass is 312 g/mol. The molecule has 3 rings (SSSR count). The van der Waals surface area contributed by atoms with Crippen molar-refractivity contribution in [1.82, 2.24) is 9.97 Å². The number of para-hydroxylation sites is 2. The lowest BCUT2D eigenvalue weighted by Crippen LogP contribution is -2.41. The van der Waals surface area contributed by atoms with Crippen LogP contribution in [0.25, 0.3) is 0 Å². The summed E-state index contributed by atoms with van der Waals surface area (Å²) >= 11 is 0. The number of nitrogens with zero attached hydrogens (tertiary/aromatic N) is 3. The van der Waals surface area contributed by atoms with Crippen molar-refractivity contribution in [2.45, 2.75) is 12.8 Å². The van der Waals surface area contributed by atoms with Gasteiger partial charge in [0, 0.05) is 25.5 Å². The fourth-order valence-corrected chi connectivity index (χ4v) is 2.81. The number of nitrogens with one attached hydrogen (secondary N) is 1. The number of carbonyl (C=O) groups is 1. The number of aromatic nitrogens is 2. The highest BCUT2D eigenvalue weighted by atomic mass is 16.5. The predicted molar refractivity (Wildman–Crippen MR) is 88.6 cm³/mol. The molecule has 0 spiro atoms. The van der Waals surface area contributed by atoms with Crippen LogP contribution in [-0.4, -0.2) is 36.1 Å². The lowest BCUT2D eigenvalue weighted by molar-refractivity contribution is -0.120. The Morgan fingerprint density at radius 2 is 2.04 bits per heavy atom. The second kappa shape index (κ2) is 7.09. The third-order valence-corrected chi connectivity index (χ3v) is 3.99. The van der Waals surface area contributed by atoms with E-state index in [9.17, 15) is 4.79 Å². The maximum absolute atomic E-state index is 12.6. The molecular weight excluding hydrogens is 292 g/mol. The number of amides is 1. The topological polar surface area (TPSA) is 67.3 Å². The lowest BCUT2D eigenvalue weighted by atomic mass is 9.97. The first kappa shape index (κ1) is 15.3. The Labute approximate surface area is 135 Å². The number of hydrogen-bond donors (Lipinski definition) is 1. The van der Waals surface area contributed by atoms with E-state index in [4.69, 9.17) is 4.74 Å². The van der Waals surface area contributed by atoms with Crippen molar-refractivity contribution in [3.8, 4) is 5.75 Å². The van der Waals surface area contributed by atoms with E-state index in [1.165, 1.54) is 0 Å². The van der Waals surface area contributed by atoms with Crippen molar-refractivity contribution in [1.29, 1.82) is 0 Å². The van der Waals surface area contributed by atoms with Crippen LogP contribution < -0.4 is 15.0 Å². The second-order valence-corrected chi connectivity index (χ2v) is 5.52. The molecule has 0 radical (unpaired) electrons. The molecule has 1 fully saturated rings. The van der Waals surface area contributed by atoms with Gasteiger partial charge >= 0.3 is 0 Å². The minimum atomic E-state index is -0.0857. The molecule has 1 aromatic carbocycles. The highest BCUT2D eigenvalue weighted by molar-refractivity contribution is 5.94. The van der Waals surface area contributed by atoms with Gasteiger partial charge in [-0.3, -0.25) is 4.79 Å². The van der Waals surface area contributed by atoms with Crippen LogP contribution in [0.4, 0.5) is 11.6 Å². The number of anilines is 2. The smallest absolute Gasteiger partial charge is 0.229 e. The molecule has 1 amide bonds. The van der Waals surface area contributed by atoms with Crippen LogP contribution in [0.5, 0.6) is 5.75 Å². The van der Waals surface area contributed by atoms with Gasteiger partial charge in [0.1, 0.15) is 5.75 Å². The zero-order valence-corrected chi connectivity index (χ0v) is 13.1. The Hall–Kier alpha value is -2.63. The molecule has 1 saturated heterocycles. The van der Waals surface area contributed by atoms with Gasteiger partial charge < -0.3 is 15.0 Å². The molecule has 23 heavy (non-hydrogen) atoms. The zero-order valence-electron chi connectivity index (χ0n) is 13.1. The summed E-state index contributed by atoms with van der Waals surface area (Å²) in [6.07, 6.45) is 5.26. The minimum Gasteiger partial charge on any atom is -0.495 e. The van der Waals surface area contributed by atoms with E-state index in [0.717, 1.165) is 19.4 Å². The standard InChI is InChI=1S/C17H20N4O2/c1-23-15-8-3-2-7-14(15)20-16(22)13-6-4-11-21(12-13)17-18-9-5-10-19-17/h2-3,5,7-10,13H,4,6,11-12H2,1H3,(H,20,22)/t13-/m1/s1. The summed E-state index contributed by atoms with van der Waals surface area (Å²) in [5.41, 5.74) is 0.702. The first-order valence-corrected chi connectivity index (χ1v) is 7.74. The molecule has 1 aromatic heterocycles. The molecule has 0 aliphatic carbocycles. The van der Waals surface area contributed by atoms with Crippen molar-refractivity contribution in [3.63, 3.8) is 0 Å². The van der Waals surface area contributed by atoms with Gasteiger partial charge in [-0.05, 0) is 31.0 Å². The van der Waals surface area contributed by atoms with E-state index in [1.54, 1.807) is 25.6 Å². The molecular formula is C17H20N4O2. The van der Waals surface area contributed by atoms with Gasteiger partial charge in [-0.1, -0.05) is 12.1 Å². The van der Waals surface area contributed by atoms with Gasteiger partial charge in [0.15, 0.2) is 0 Å². The van der Waals surface area contributed by atoms with Crippen molar-refractivity contribution in [2.24, 2.45) is 5.92 Å². The van der Waals surface area contributed by atoms with E-state index in [1.807, 2.05) is 24.3 Å². The highest BCUT2D eigenvalue weighted by Crippen LogP contribution is 2.26. The molecule has 1 aliphatic rings. The van der Waals surface area contributed by atoms with E-state index >= 15 is 0 Å². The Morgan fingerprint density at radius 3 is 2.83 bits per heavy atom. The Bertz CT molecular complexity index is 663. The number of hydrogen-bond acceptors (Lipinski definition) is 5. The number of benzene rings is 1. The fraction of sp³-hybridized carbons (Fsp3) is 0.353. The van der Waals surface area contributed by atoms with Crippen LogP contribution in [-0.2, 0) is 4.79 Å². The zero-order chi connectivity index (χ0) is 16.1. The molecule has 1 atom stereocenters. The average Bonchev–Trinajstić information content (AvgIpc) is 2.63. The highest BCUT2D eigenvalue weighted by Gasteiger charge is 2.27. The second-order valence-electron chi connectivity index (χ2n) is 5.52. The number of rotatable bonds is 4. The van der Waals surface area contributed by atoms with Gasteiger partial charge in [0.25, 0.3) is 0 Å². The Balaban J connectivity index is 1.68. The summed E-state index contributed by atoms with van der Waals surface area (Å²) in [7, 11) is 1.60. The van der Waals surface area contributed by atoms with Crippen LogP contribution in [0.2, 0.25) is 0 Å². The first-order valence-electron chi connectivity index (χ1n) is 7.74. The molecule has 0 bridgehead atoms. The number of carbonyl (C=O) groups excluding carboxylic acids is 1. The summed E-state index contributed by atoms with van der Waals surface area (Å²) in [5, 5.41) is 2.97. The largest absolute Gasteiger partial charge is 0.495 e. The van der Waals surface area contributed by atoms with Gasteiger partial charge in [-0.15, -0.1) is 0 Å². The minimum absolute atomic E-state index is 0.00938. The Morgan fingerprint density at radius 1 is 1.26 bits per heavy atom. The molecule has 1 aliphatic heterocycles. The van der Waals surface area contributed by atoms with Gasteiger partial charge in [-0.2, -0.15) is 0 Å². The Kier molecular flexibility index (Phi) is 4.71. The van der Waals surface area contributed by atoms with Crippen LogP contribution in [0.3, 0.4) is 0 Å². The molecule has 120 valence electrons. The molecule has 2 heterocycles. The maximum atomic E-state index is 12.6. The number of ether oxygens (including phenoxy) is 1. The molecule has 6 nitrogen and oxygen atoms in total. The van der Waals surface area contributed by atoms with Crippen molar-refractivity contribution in [3.05, 3.63) is 42.7 Å².